The summed E-state index contributed by atoms with van der Waals surface area (Å²) in [4.78, 5) is 10.9. The Kier molecular flexibility index (Phi) is 4.41. The van der Waals surface area contributed by atoms with Gasteiger partial charge in [-0.05, 0) is 43.7 Å². The third-order valence-corrected chi connectivity index (χ3v) is 2.98. The first kappa shape index (κ1) is 14.1. The molecule has 0 aliphatic heterocycles. The summed E-state index contributed by atoms with van der Waals surface area (Å²) >= 11 is 0. The Morgan fingerprint density at radius 3 is 2.05 bits per heavy atom. The van der Waals surface area contributed by atoms with Gasteiger partial charge in [0, 0.05) is 24.8 Å². The van der Waals surface area contributed by atoms with Crippen LogP contribution in [0.15, 0.2) is 42.5 Å². The molecule has 2 aromatic rings. The van der Waals surface area contributed by atoms with Crippen LogP contribution >= 0.6 is 0 Å². The summed E-state index contributed by atoms with van der Waals surface area (Å²) < 4.78 is 0. The van der Waals surface area contributed by atoms with Gasteiger partial charge >= 0.3 is 0 Å². The van der Waals surface area contributed by atoms with Crippen LogP contribution in [0.1, 0.15) is 23.6 Å². The third kappa shape index (κ3) is 4.12. The summed E-state index contributed by atoms with van der Waals surface area (Å²) in [5.74, 6) is -0.0547. The Labute approximate surface area is 120 Å². The number of anilines is 2. The van der Waals surface area contributed by atoms with Gasteiger partial charge in [-0.2, -0.15) is 0 Å². The van der Waals surface area contributed by atoms with E-state index in [-0.39, 0.29) is 5.91 Å². The second-order valence-corrected chi connectivity index (χ2v) is 5.11. The Morgan fingerprint density at radius 1 is 0.950 bits per heavy atom. The zero-order chi connectivity index (χ0) is 14.5. The van der Waals surface area contributed by atoms with Crippen molar-refractivity contribution in [2.24, 2.45) is 0 Å². The van der Waals surface area contributed by atoms with E-state index in [1.165, 1.54) is 23.6 Å². The molecule has 0 aliphatic carbocycles. The van der Waals surface area contributed by atoms with Crippen molar-refractivity contribution in [1.29, 1.82) is 0 Å². The van der Waals surface area contributed by atoms with Crippen molar-refractivity contribution >= 4 is 17.3 Å². The molecule has 0 fully saturated rings. The average molecular weight is 268 g/mol. The first-order chi connectivity index (χ1) is 9.52. The first-order valence-electron chi connectivity index (χ1n) is 6.71. The van der Waals surface area contributed by atoms with Crippen LogP contribution in [0.2, 0.25) is 0 Å². The van der Waals surface area contributed by atoms with Crippen molar-refractivity contribution in [3.8, 4) is 0 Å². The maximum atomic E-state index is 10.9. The van der Waals surface area contributed by atoms with Crippen molar-refractivity contribution in [3.05, 3.63) is 59.2 Å². The molecule has 0 atom stereocenters. The molecule has 3 nitrogen and oxygen atoms in total. The molecule has 0 saturated heterocycles. The van der Waals surface area contributed by atoms with Gasteiger partial charge in [-0.25, -0.2) is 0 Å². The number of rotatable bonds is 4. The van der Waals surface area contributed by atoms with Gasteiger partial charge in [0.15, 0.2) is 0 Å². The zero-order valence-electron chi connectivity index (χ0n) is 12.2. The fraction of sp³-hybridized carbons (Fsp3) is 0.235. The van der Waals surface area contributed by atoms with E-state index < -0.39 is 0 Å². The Balaban J connectivity index is 1.98. The third-order valence-electron chi connectivity index (χ3n) is 2.98. The number of hydrogen-bond donors (Lipinski definition) is 2. The quantitative estimate of drug-likeness (QED) is 0.883. The lowest BCUT2D eigenvalue weighted by Gasteiger charge is -2.09. The van der Waals surface area contributed by atoms with Crippen molar-refractivity contribution in [2.45, 2.75) is 27.3 Å². The van der Waals surface area contributed by atoms with E-state index >= 15 is 0 Å². The number of carbonyl (C=O) groups is 1. The molecule has 0 unspecified atom stereocenters. The van der Waals surface area contributed by atoms with E-state index in [9.17, 15) is 4.79 Å². The molecule has 0 radical (unpaired) electrons. The molecule has 0 aromatic heterocycles. The van der Waals surface area contributed by atoms with Crippen LogP contribution in [0.4, 0.5) is 11.4 Å². The SMILES string of the molecule is CC(=O)Nc1ccc(NCc2cc(C)cc(C)c2)cc1. The van der Waals surface area contributed by atoms with Crippen LogP contribution in [0.5, 0.6) is 0 Å². The predicted octanol–water partition coefficient (Wildman–Crippen LogP) is 3.87. The van der Waals surface area contributed by atoms with Crippen LogP contribution in [0, 0.1) is 13.8 Å². The second kappa shape index (κ2) is 6.24. The molecule has 0 saturated carbocycles. The van der Waals surface area contributed by atoms with E-state index in [0.29, 0.717) is 0 Å². The second-order valence-electron chi connectivity index (χ2n) is 5.11. The highest BCUT2D eigenvalue weighted by molar-refractivity contribution is 5.88. The maximum absolute atomic E-state index is 10.9. The molecular weight excluding hydrogens is 248 g/mol. The van der Waals surface area contributed by atoms with Crippen LogP contribution in [-0.4, -0.2) is 5.91 Å². The number of carbonyl (C=O) groups excluding carboxylic acids is 1. The summed E-state index contributed by atoms with van der Waals surface area (Å²) in [5.41, 5.74) is 5.69. The van der Waals surface area contributed by atoms with Crippen molar-refractivity contribution in [3.63, 3.8) is 0 Å². The fourth-order valence-corrected chi connectivity index (χ4v) is 2.25. The normalized spacial score (nSPS) is 10.2. The van der Waals surface area contributed by atoms with Gasteiger partial charge in [0.25, 0.3) is 0 Å². The molecule has 0 bridgehead atoms. The highest BCUT2D eigenvalue weighted by Gasteiger charge is 1.98. The lowest BCUT2D eigenvalue weighted by Crippen LogP contribution is -2.05. The van der Waals surface area contributed by atoms with Crippen molar-refractivity contribution in [1.82, 2.24) is 0 Å². The minimum absolute atomic E-state index is 0.0547. The molecule has 20 heavy (non-hydrogen) atoms. The molecule has 0 heterocycles. The first-order valence-corrected chi connectivity index (χ1v) is 6.71. The van der Waals surface area contributed by atoms with E-state index in [0.717, 1.165) is 17.9 Å². The van der Waals surface area contributed by atoms with Crippen molar-refractivity contribution < 1.29 is 4.79 Å². The van der Waals surface area contributed by atoms with E-state index in [2.05, 4.69) is 42.7 Å². The Morgan fingerprint density at radius 2 is 1.50 bits per heavy atom. The largest absolute Gasteiger partial charge is 0.381 e. The fourth-order valence-electron chi connectivity index (χ4n) is 2.25. The van der Waals surface area contributed by atoms with Gasteiger partial charge in [-0.15, -0.1) is 0 Å². The molecular formula is C17H20N2O. The molecule has 104 valence electrons. The number of nitrogens with one attached hydrogen (secondary N) is 2. The minimum Gasteiger partial charge on any atom is -0.381 e. The highest BCUT2D eigenvalue weighted by atomic mass is 16.1. The summed E-state index contributed by atoms with van der Waals surface area (Å²) in [7, 11) is 0. The van der Waals surface area contributed by atoms with Crippen LogP contribution in [0.3, 0.4) is 0 Å². The summed E-state index contributed by atoms with van der Waals surface area (Å²) in [6.07, 6.45) is 0. The molecule has 1 amide bonds. The number of amides is 1. The lowest BCUT2D eigenvalue weighted by molar-refractivity contribution is -0.114. The summed E-state index contributed by atoms with van der Waals surface area (Å²) in [6, 6.07) is 14.3. The highest BCUT2D eigenvalue weighted by Crippen LogP contribution is 2.15. The van der Waals surface area contributed by atoms with Gasteiger partial charge in [0.05, 0.1) is 0 Å². The molecule has 0 aliphatic rings. The van der Waals surface area contributed by atoms with Gasteiger partial charge in [-0.1, -0.05) is 29.3 Å². The summed E-state index contributed by atoms with van der Waals surface area (Å²) in [5, 5.41) is 6.14. The van der Waals surface area contributed by atoms with Crippen molar-refractivity contribution in [2.75, 3.05) is 10.6 Å². The van der Waals surface area contributed by atoms with E-state index in [1.54, 1.807) is 0 Å². The summed E-state index contributed by atoms with van der Waals surface area (Å²) in [6.45, 7) is 6.52. The van der Waals surface area contributed by atoms with Gasteiger partial charge in [0.1, 0.15) is 0 Å². The van der Waals surface area contributed by atoms with Crippen LogP contribution in [0.25, 0.3) is 0 Å². The molecule has 0 spiro atoms. The standard InChI is InChI=1S/C17H20N2O/c1-12-8-13(2)10-15(9-12)11-18-16-4-6-17(7-5-16)19-14(3)20/h4-10,18H,11H2,1-3H3,(H,19,20). The molecule has 2 N–H and O–H groups in total. The number of benzene rings is 2. The minimum atomic E-state index is -0.0547. The molecule has 3 heteroatoms. The van der Waals surface area contributed by atoms with Gasteiger partial charge < -0.3 is 10.6 Å². The predicted molar refractivity (Wildman–Crippen MR) is 84.0 cm³/mol. The molecule has 2 rings (SSSR count). The van der Waals surface area contributed by atoms with E-state index in [1.807, 2.05) is 24.3 Å². The zero-order valence-corrected chi connectivity index (χ0v) is 12.2. The monoisotopic (exact) mass is 268 g/mol. The Hall–Kier alpha value is -2.29. The average Bonchev–Trinajstić information content (AvgIpc) is 2.36. The van der Waals surface area contributed by atoms with E-state index in [4.69, 9.17) is 0 Å². The smallest absolute Gasteiger partial charge is 0.221 e. The lowest BCUT2D eigenvalue weighted by atomic mass is 10.1. The molecule has 2 aromatic carbocycles. The van der Waals surface area contributed by atoms with Crippen LogP contribution in [-0.2, 0) is 11.3 Å². The van der Waals surface area contributed by atoms with Crippen LogP contribution < -0.4 is 10.6 Å². The van der Waals surface area contributed by atoms with Gasteiger partial charge in [0.2, 0.25) is 5.91 Å². The number of hydrogen-bond acceptors (Lipinski definition) is 2. The van der Waals surface area contributed by atoms with Gasteiger partial charge in [-0.3, -0.25) is 4.79 Å². The maximum Gasteiger partial charge on any atom is 0.221 e. The topological polar surface area (TPSA) is 41.1 Å². The Bertz CT molecular complexity index is 583. The number of aryl methyl sites for hydroxylation is 2.